The Hall–Kier alpha value is -3.06. The molecule has 0 saturated carbocycles. The lowest BCUT2D eigenvalue weighted by Gasteiger charge is -2.10. The van der Waals surface area contributed by atoms with Crippen LogP contribution in [0.1, 0.15) is 11.3 Å². The Kier molecular flexibility index (Phi) is 5.72. The van der Waals surface area contributed by atoms with Crippen LogP contribution in [0.3, 0.4) is 0 Å². The molecule has 4 aromatic rings. The maximum atomic E-state index is 5.55. The molecule has 3 aromatic heterocycles. The van der Waals surface area contributed by atoms with Gasteiger partial charge in [-0.3, -0.25) is 9.55 Å². The van der Waals surface area contributed by atoms with Crippen LogP contribution in [0.25, 0.3) is 11.4 Å². The fraction of sp³-hybridized carbons (Fsp3) is 0.190. The summed E-state index contributed by atoms with van der Waals surface area (Å²) in [5.74, 6) is 3.34. The van der Waals surface area contributed by atoms with Gasteiger partial charge in [0, 0.05) is 23.7 Å². The second-order valence-corrected chi connectivity index (χ2v) is 7.22. The molecule has 0 spiro atoms. The SMILES string of the molecule is COc1cccc(-c2nnc(SCCc3ccncc3)n2Cc2ccco2)c1. The number of aryl methyl sites for hydroxylation is 1. The Morgan fingerprint density at radius 2 is 1.96 bits per heavy atom. The van der Waals surface area contributed by atoms with Gasteiger partial charge in [0.05, 0.1) is 19.9 Å². The van der Waals surface area contributed by atoms with Crippen LogP contribution in [0.4, 0.5) is 0 Å². The van der Waals surface area contributed by atoms with E-state index in [4.69, 9.17) is 9.15 Å². The van der Waals surface area contributed by atoms with Gasteiger partial charge in [0.25, 0.3) is 0 Å². The lowest BCUT2D eigenvalue weighted by molar-refractivity contribution is 0.415. The highest BCUT2D eigenvalue weighted by Crippen LogP contribution is 2.28. The molecule has 0 unspecified atom stereocenters. The molecular formula is C21H20N4O2S. The quantitative estimate of drug-likeness (QED) is 0.416. The first-order valence-corrected chi connectivity index (χ1v) is 9.94. The van der Waals surface area contributed by atoms with Crippen LogP contribution in [0.2, 0.25) is 0 Å². The van der Waals surface area contributed by atoms with Gasteiger partial charge in [-0.05, 0) is 48.4 Å². The second kappa shape index (κ2) is 8.75. The van der Waals surface area contributed by atoms with Crippen LogP contribution in [0.5, 0.6) is 5.75 Å². The Morgan fingerprint density at radius 3 is 2.75 bits per heavy atom. The van der Waals surface area contributed by atoms with E-state index < -0.39 is 0 Å². The van der Waals surface area contributed by atoms with Crippen molar-refractivity contribution in [3.05, 3.63) is 78.5 Å². The van der Waals surface area contributed by atoms with Crippen molar-refractivity contribution in [1.29, 1.82) is 0 Å². The number of nitrogens with zero attached hydrogens (tertiary/aromatic N) is 4. The predicted molar refractivity (Wildman–Crippen MR) is 108 cm³/mol. The summed E-state index contributed by atoms with van der Waals surface area (Å²) in [4.78, 5) is 4.06. The maximum absolute atomic E-state index is 5.55. The van der Waals surface area contributed by atoms with Crippen molar-refractivity contribution in [3.8, 4) is 17.1 Å². The number of hydrogen-bond donors (Lipinski definition) is 0. The Bertz CT molecular complexity index is 1020. The molecular weight excluding hydrogens is 372 g/mol. The molecule has 3 heterocycles. The van der Waals surface area contributed by atoms with Crippen LogP contribution >= 0.6 is 11.8 Å². The number of rotatable bonds is 8. The van der Waals surface area contributed by atoms with E-state index in [9.17, 15) is 0 Å². The lowest BCUT2D eigenvalue weighted by atomic mass is 10.2. The normalized spacial score (nSPS) is 10.9. The Labute approximate surface area is 167 Å². The number of pyridine rings is 1. The molecule has 6 nitrogen and oxygen atoms in total. The summed E-state index contributed by atoms with van der Waals surface area (Å²) in [7, 11) is 1.66. The van der Waals surface area contributed by atoms with E-state index in [2.05, 4.69) is 19.7 Å². The number of furan rings is 1. The molecule has 0 N–H and O–H groups in total. The van der Waals surface area contributed by atoms with Crippen LogP contribution < -0.4 is 4.74 Å². The first-order chi connectivity index (χ1) is 13.8. The number of aromatic nitrogens is 4. The van der Waals surface area contributed by atoms with Crippen LogP contribution in [0, 0.1) is 0 Å². The molecule has 28 heavy (non-hydrogen) atoms. The average Bonchev–Trinajstić information content (AvgIpc) is 3.40. The second-order valence-electron chi connectivity index (χ2n) is 6.16. The van der Waals surface area contributed by atoms with E-state index >= 15 is 0 Å². The molecule has 0 bridgehead atoms. The molecule has 4 rings (SSSR count). The van der Waals surface area contributed by atoms with Gasteiger partial charge in [0.1, 0.15) is 11.5 Å². The van der Waals surface area contributed by atoms with Gasteiger partial charge in [-0.15, -0.1) is 10.2 Å². The molecule has 0 atom stereocenters. The van der Waals surface area contributed by atoms with Gasteiger partial charge in [-0.1, -0.05) is 23.9 Å². The molecule has 7 heteroatoms. The van der Waals surface area contributed by atoms with E-state index in [1.165, 1.54) is 5.56 Å². The molecule has 0 fully saturated rings. The topological polar surface area (TPSA) is 66.0 Å². The highest BCUT2D eigenvalue weighted by atomic mass is 32.2. The standard InChI is InChI=1S/C21H20N4O2S/c1-26-18-5-2-4-17(14-18)20-23-24-21(25(20)15-19-6-3-12-27-19)28-13-9-16-7-10-22-11-8-16/h2-8,10-12,14H,9,13,15H2,1H3. The summed E-state index contributed by atoms with van der Waals surface area (Å²) >= 11 is 1.69. The molecule has 142 valence electrons. The van der Waals surface area contributed by atoms with Crippen LogP contribution in [-0.2, 0) is 13.0 Å². The van der Waals surface area contributed by atoms with Crippen molar-refractivity contribution < 1.29 is 9.15 Å². The summed E-state index contributed by atoms with van der Waals surface area (Å²) in [6, 6.07) is 15.8. The molecule has 0 saturated heterocycles. The van der Waals surface area contributed by atoms with Crippen LogP contribution in [-0.4, -0.2) is 32.6 Å². The van der Waals surface area contributed by atoms with Gasteiger partial charge in [-0.2, -0.15) is 0 Å². The molecule has 0 aliphatic heterocycles. The van der Waals surface area contributed by atoms with Gasteiger partial charge < -0.3 is 9.15 Å². The summed E-state index contributed by atoms with van der Waals surface area (Å²) in [5.41, 5.74) is 2.21. The van der Waals surface area contributed by atoms with Gasteiger partial charge in [0.2, 0.25) is 0 Å². The third-order valence-corrected chi connectivity index (χ3v) is 5.28. The summed E-state index contributed by atoms with van der Waals surface area (Å²) in [6.45, 7) is 0.574. The fourth-order valence-corrected chi connectivity index (χ4v) is 3.81. The largest absolute Gasteiger partial charge is 0.497 e. The Balaban J connectivity index is 1.59. The van der Waals surface area contributed by atoms with Crippen LogP contribution in [0.15, 0.2) is 76.8 Å². The highest BCUT2D eigenvalue weighted by molar-refractivity contribution is 7.99. The third kappa shape index (κ3) is 4.26. The summed E-state index contributed by atoms with van der Waals surface area (Å²) in [6.07, 6.45) is 6.26. The van der Waals surface area contributed by atoms with Crippen molar-refractivity contribution in [3.63, 3.8) is 0 Å². The van der Waals surface area contributed by atoms with Crippen molar-refractivity contribution in [2.75, 3.05) is 12.9 Å². The molecule has 0 amide bonds. The zero-order chi connectivity index (χ0) is 19.2. The van der Waals surface area contributed by atoms with Gasteiger partial charge in [0.15, 0.2) is 11.0 Å². The molecule has 1 aromatic carbocycles. The minimum Gasteiger partial charge on any atom is -0.497 e. The van der Waals surface area contributed by atoms with E-state index in [1.54, 1.807) is 25.1 Å². The van der Waals surface area contributed by atoms with E-state index in [-0.39, 0.29) is 0 Å². The third-order valence-electron chi connectivity index (χ3n) is 4.31. The van der Waals surface area contributed by atoms with Crippen molar-refractivity contribution in [2.24, 2.45) is 0 Å². The van der Waals surface area contributed by atoms with Crippen molar-refractivity contribution >= 4 is 11.8 Å². The van der Waals surface area contributed by atoms with E-state index in [0.29, 0.717) is 6.54 Å². The summed E-state index contributed by atoms with van der Waals surface area (Å²) < 4.78 is 13.0. The van der Waals surface area contributed by atoms with E-state index in [1.807, 2.05) is 60.9 Å². The lowest BCUT2D eigenvalue weighted by Crippen LogP contribution is -2.04. The zero-order valence-corrected chi connectivity index (χ0v) is 16.3. The Morgan fingerprint density at radius 1 is 1.07 bits per heavy atom. The summed E-state index contributed by atoms with van der Waals surface area (Å²) in [5, 5.41) is 9.76. The van der Waals surface area contributed by atoms with Gasteiger partial charge >= 0.3 is 0 Å². The molecule has 0 aliphatic rings. The molecule has 0 radical (unpaired) electrons. The number of benzene rings is 1. The number of methoxy groups -OCH3 is 1. The first kappa shape index (κ1) is 18.3. The minimum absolute atomic E-state index is 0.574. The van der Waals surface area contributed by atoms with Crippen molar-refractivity contribution in [1.82, 2.24) is 19.7 Å². The average molecular weight is 392 g/mol. The highest BCUT2D eigenvalue weighted by Gasteiger charge is 2.16. The zero-order valence-electron chi connectivity index (χ0n) is 15.5. The smallest absolute Gasteiger partial charge is 0.191 e. The minimum atomic E-state index is 0.574. The number of thioether (sulfide) groups is 1. The van der Waals surface area contributed by atoms with Crippen molar-refractivity contribution in [2.45, 2.75) is 18.1 Å². The maximum Gasteiger partial charge on any atom is 0.191 e. The van der Waals surface area contributed by atoms with Gasteiger partial charge in [-0.25, -0.2) is 0 Å². The number of hydrogen-bond acceptors (Lipinski definition) is 6. The van der Waals surface area contributed by atoms with E-state index in [0.717, 1.165) is 40.2 Å². The first-order valence-electron chi connectivity index (χ1n) is 8.95. The molecule has 0 aliphatic carbocycles. The predicted octanol–water partition coefficient (Wildman–Crippen LogP) is 4.32. The fourth-order valence-electron chi connectivity index (χ4n) is 2.88. The number of ether oxygens (including phenoxy) is 1. The monoisotopic (exact) mass is 392 g/mol.